The fourth-order valence-corrected chi connectivity index (χ4v) is 3.04. The molecule has 2 rings (SSSR count). The van der Waals surface area contributed by atoms with Crippen LogP contribution in [0.5, 0.6) is 0 Å². The summed E-state index contributed by atoms with van der Waals surface area (Å²) in [4.78, 5) is 6.92. The number of likely N-dealkylation sites (tertiary alicyclic amines) is 1. The number of piperidine rings is 1. The second kappa shape index (κ2) is 9.93. The Morgan fingerprint density at radius 1 is 1.42 bits per heavy atom. The molecule has 1 aliphatic rings. The van der Waals surface area contributed by atoms with Crippen molar-refractivity contribution in [1.29, 1.82) is 5.26 Å². The molecule has 0 bridgehead atoms. The van der Waals surface area contributed by atoms with Crippen LogP contribution in [0.4, 0.5) is 4.39 Å². The lowest BCUT2D eigenvalue weighted by Gasteiger charge is -2.33. The number of nitriles is 1. The number of rotatable bonds is 6. The Morgan fingerprint density at radius 3 is 2.73 bits per heavy atom. The molecular formula is C20H28FN5. The highest BCUT2D eigenvalue weighted by atomic mass is 19.1. The zero-order valence-corrected chi connectivity index (χ0v) is 15.7. The Kier molecular flexibility index (Phi) is 7.61. The second-order valence-corrected chi connectivity index (χ2v) is 6.77. The van der Waals surface area contributed by atoms with Gasteiger partial charge in [-0.2, -0.15) is 5.26 Å². The van der Waals surface area contributed by atoms with Crippen LogP contribution in [0.25, 0.3) is 0 Å². The topological polar surface area (TPSA) is 63.5 Å². The first kappa shape index (κ1) is 19.9. The molecule has 0 unspecified atom stereocenters. The molecule has 1 aromatic carbocycles. The minimum Gasteiger partial charge on any atom is -0.357 e. The molecule has 1 saturated heterocycles. The number of nitrogens with one attached hydrogen (secondary N) is 2. The highest BCUT2D eigenvalue weighted by Gasteiger charge is 2.19. The van der Waals surface area contributed by atoms with Crippen molar-refractivity contribution in [2.24, 2.45) is 4.99 Å². The summed E-state index contributed by atoms with van der Waals surface area (Å²) >= 11 is 0. The van der Waals surface area contributed by atoms with E-state index in [2.05, 4.69) is 34.0 Å². The van der Waals surface area contributed by atoms with Crippen LogP contribution in [-0.2, 0) is 6.54 Å². The third-order valence-electron chi connectivity index (χ3n) is 4.36. The molecule has 2 N–H and O–H groups in total. The average molecular weight is 357 g/mol. The standard InChI is InChI=1S/C20H28FN5/c1-4-23-20(24-13-17-6-5-16(12-22)11-19(17)21)25-18-7-9-26(10-8-18)14-15(2)3/h5-6,11,18H,2,4,7-10,13-14H2,1,3H3,(H2,23,24,25). The van der Waals surface area contributed by atoms with Gasteiger partial charge in [-0.25, -0.2) is 9.38 Å². The summed E-state index contributed by atoms with van der Waals surface area (Å²) < 4.78 is 14.0. The largest absolute Gasteiger partial charge is 0.357 e. The van der Waals surface area contributed by atoms with Gasteiger partial charge in [-0.05, 0) is 38.8 Å². The molecule has 0 spiro atoms. The predicted molar refractivity (Wildman–Crippen MR) is 103 cm³/mol. The molecule has 0 aliphatic carbocycles. The SMILES string of the molecule is C=C(C)CN1CCC(NC(=NCc2ccc(C#N)cc2F)NCC)CC1. The summed E-state index contributed by atoms with van der Waals surface area (Å²) in [6, 6.07) is 6.79. The van der Waals surface area contributed by atoms with Crippen molar-refractivity contribution in [2.75, 3.05) is 26.2 Å². The van der Waals surface area contributed by atoms with Gasteiger partial charge in [0.15, 0.2) is 5.96 Å². The third-order valence-corrected chi connectivity index (χ3v) is 4.36. The lowest BCUT2D eigenvalue weighted by atomic mass is 10.0. The Bertz CT molecular complexity index is 684. The second-order valence-electron chi connectivity index (χ2n) is 6.77. The first-order valence-electron chi connectivity index (χ1n) is 9.12. The van der Waals surface area contributed by atoms with Crippen LogP contribution in [0.2, 0.25) is 0 Å². The summed E-state index contributed by atoms with van der Waals surface area (Å²) in [6.07, 6.45) is 2.09. The van der Waals surface area contributed by atoms with Gasteiger partial charge in [0.25, 0.3) is 0 Å². The number of aliphatic imine (C=N–C) groups is 1. The van der Waals surface area contributed by atoms with E-state index < -0.39 is 5.82 Å². The van der Waals surface area contributed by atoms with Crippen molar-refractivity contribution in [2.45, 2.75) is 39.3 Å². The van der Waals surface area contributed by atoms with Crippen molar-refractivity contribution in [3.63, 3.8) is 0 Å². The van der Waals surface area contributed by atoms with Crippen LogP contribution in [0.15, 0.2) is 35.3 Å². The summed E-state index contributed by atoms with van der Waals surface area (Å²) in [5, 5.41) is 15.5. The number of benzene rings is 1. The van der Waals surface area contributed by atoms with E-state index in [0.717, 1.165) is 39.0 Å². The molecular weight excluding hydrogens is 329 g/mol. The van der Waals surface area contributed by atoms with Crippen molar-refractivity contribution < 1.29 is 4.39 Å². The molecule has 0 radical (unpaired) electrons. The van der Waals surface area contributed by atoms with Crippen molar-refractivity contribution in [1.82, 2.24) is 15.5 Å². The Hall–Kier alpha value is -2.39. The Balaban J connectivity index is 1.93. The maximum absolute atomic E-state index is 14.0. The Labute approximate surface area is 155 Å². The van der Waals surface area contributed by atoms with Crippen LogP contribution in [0.1, 0.15) is 37.8 Å². The van der Waals surface area contributed by atoms with E-state index in [1.807, 2.05) is 13.0 Å². The molecule has 6 heteroatoms. The molecule has 1 aromatic rings. The average Bonchev–Trinajstić information content (AvgIpc) is 2.61. The van der Waals surface area contributed by atoms with Gasteiger partial charge in [0.2, 0.25) is 0 Å². The van der Waals surface area contributed by atoms with Crippen molar-refractivity contribution >= 4 is 5.96 Å². The number of halogens is 1. The third kappa shape index (κ3) is 6.16. The lowest BCUT2D eigenvalue weighted by Crippen LogP contribution is -2.48. The van der Waals surface area contributed by atoms with Gasteiger partial charge in [-0.3, -0.25) is 4.90 Å². The summed E-state index contributed by atoms with van der Waals surface area (Å²) in [5.74, 6) is 0.311. The lowest BCUT2D eigenvalue weighted by molar-refractivity contribution is 0.221. The van der Waals surface area contributed by atoms with Gasteiger partial charge < -0.3 is 10.6 Å². The van der Waals surface area contributed by atoms with Crippen LogP contribution in [0.3, 0.4) is 0 Å². The van der Waals surface area contributed by atoms with Crippen molar-refractivity contribution in [3.05, 3.63) is 47.3 Å². The van der Waals surface area contributed by atoms with E-state index in [-0.39, 0.29) is 6.54 Å². The molecule has 140 valence electrons. The zero-order valence-electron chi connectivity index (χ0n) is 15.7. The summed E-state index contributed by atoms with van der Waals surface area (Å²) in [5.41, 5.74) is 2.00. The van der Waals surface area contributed by atoms with E-state index in [1.54, 1.807) is 12.1 Å². The predicted octanol–water partition coefficient (Wildman–Crippen LogP) is 2.79. The van der Waals surface area contributed by atoms with E-state index in [1.165, 1.54) is 11.6 Å². The number of hydrogen-bond donors (Lipinski definition) is 2. The number of guanidine groups is 1. The molecule has 0 aromatic heterocycles. The monoisotopic (exact) mass is 357 g/mol. The van der Waals surface area contributed by atoms with E-state index in [0.29, 0.717) is 23.1 Å². The quantitative estimate of drug-likeness (QED) is 0.467. The summed E-state index contributed by atoms with van der Waals surface area (Å²) in [6.45, 7) is 12.1. The smallest absolute Gasteiger partial charge is 0.191 e. The van der Waals surface area contributed by atoms with Gasteiger partial charge in [0.05, 0.1) is 18.2 Å². The van der Waals surface area contributed by atoms with E-state index in [4.69, 9.17) is 5.26 Å². The van der Waals surface area contributed by atoms with Crippen LogP contribution in [-0.4, -0.2) is 43.1 Å². The molecule has 0 amide bonds. The van der Waals surface area contributed by atoms with Crippen molar-refractivity contribution in [3.8, 4) is 6.07 Å². The van der Waals surface area contributed by atoms with E-state index >= 15 is 0 Å². The van der Waals surface area contributed by atoms with Crippen LogP contribution in [0, 0.1) is 17.1 Å². The minimum atomic E-state index is -0.392. The van der Waals surface area contributed by atoms with Gasteiger partial charge >= 0.3 is 0 Å². The van der Waals surface area contributed by atoms with Gasteiger partial charge in [0, 0.05) is 37.8 Å². The molecule has 26 heavy (non-hydrogen) atoms. The Morgan fingerprint density at radius 2 is 2.15 bits per heavy atom. The molecule has 1 heterocycles. The maximum atomic E-state index is 14.0. The first-order valence-corrected chi connectivity index (χ1v) is 9.12. The highest BCUT2D eigenvalue weighted by molar-refractivity contribution is 5.80. The molecule has 0 atom stereocenters. The number of hydrogen-bond acceptors (Lipinski definition) is 3. The number of nitrogens with zero attached hydrogens (tertiary/aromatic N) is 3. The van der Waals surface area contributed by atoms with Crippen LogP contribution >= 0.6 is 0 Å². The molecule has 5 nitrogen and oxygen atoms in total. The zero-order chi connectivity index (χ0) is 18.9. The fourth-order valence-electron chi connectivity index (χ4n) is 3.04. The molecule has 1 aliphatic heterocycles. The maximum Gasteiger partial charge on any atom is 0.191 e. The summed E-state index contributed by atoms with van der Waals surface area (Å²) in [7, 11) is 0. The van der Waals surface area contributed by atoms with Gasteiger partial charge in [-0.15, -0.1) is 0 Å². The highest BCUT2D eigenvalue weighted by Crippen LogP contribution is 2.13. The van der Waals surface area contributed by atoms with Gasteiger partial charge in [0.1, 0.15) is 5.82 Å². The fraction of sp³-hybridized carbons (Fsp3) is 0.500. The van der Waals surface area contributed by atoms with Gasteiger partial charge in [-0.1, -0.05) is 18.2 Å². The first-order chi connectivity index (χ1) is 12.5. The van der Waals surface area contributed by atoms with Crippen LogP contribution < -0.4 is 10.6 Å². The molecule has 1 fully saturated rings. The van der Waals surface area contributed by atoms with E-state index in [9.17, 15) is 4.39 Å². The molecule has 0 saturated carbocycles. The minimum absolute atomic E-state index is 0.237. The normalized spacial score (nSPS) is 16.2.